The van der Waals surface area contributed by atoms with Crippen molar-refractivity contribution in [2.45, 2.75) is 13.0 Å². The number of benzene rings is 2. The van der Waals surface area contributed by atoms with E-state index in [-0.39, 0.29) is 17.6 Å². The molecule has 8 heteroatoms. The van der Waals surface area contributed by atoms with Gasteiger partial charge in [-0.2, -0.15) is 0 Å². The zero-order chi connectivity index (χ0) is 19.0. The maximum Gasteiger partial charge on any atom is 0.350 e. The Kier molecular flexibility index (Phi) is 4.63. The summed E-state index contributed by atoms with van der Waals surface area (Å²) in [5.41, 5.74) is 0.571. The summed E-state index contributed by atoms with van der Waals surface area (Å²) in [6, 6.07) is 13.1. The van der Waals surface area contributed by atoms with E-state index in [0.717, 1.165) is 10.1 Å². The van der Waals surface area contributed by atoms with Crippen molar-refractivity contribution in [1.82, 2.24) is 10.2 Å². The molecule has 0 saturated carbocycles. The van der Waals surface area contributed by atoms with Crippen LogP contribution in [-0.2, 0) is 4.74 Å². The fraction of sp³-hybridized carbons (Fsp3) is 0.105. The third kappa shape index (κ3) is 3.43. The van der Waals surface area contributed by atoms with Gasteiger partial charge >= 0.3 is 5.97 Å². The SMILES string of the molecule is C[C@@H](OC(=O)c1sc2ccccc2c1Cl)c1nnc(-c2ccc(F)cc2)o1. The Labute approximate surface area is 162 Å². The van der Waals surface area contributed by atoms with Gasteiger partial charge in [-0.3, -0.25) is 0 Å². The predicted molar refractivity (Wildman–Crippen MR) is 100 cm³/mol. The Morgan fingerprint density at radius 2 is 1.93 bits per heavy atom. The lowest BCUT2D eigenvalue weighted by atomic mass is 10.2. The minimum Gasteiger partial charge on any atom is -0.448 e. The van der Waals surface area contributed by atoms with Crippen LogP contribution in [0.25, 0.3) is 21.5 Å². The van der Waals surface area contributed by atoms with Gasteiger partial charge in [-0.05, 0) is 37.3 Å². The topological polar surface area (TPSA) is 65.2 Å². The highest BCUT2D eigenvalue weighted by Gasteiger charge is 2.24. The molecule has 136 valence electrons. The molecule has 0 N–H and O–H groups in total. The lowest BCUT2D eigenvalue weighted by molar-refractivity contribution is 0.0286. The predicted octanol–water partition coefficient (Wildman–Crippen LogP) is 5.66. The van der Waals surface area contributed by atoms with Crippen molar-refractivity contribution < 1.29 is 18.3 Å². The van der Waals surface area contributed by atoms with Gasteiger partial charge in [0.05, 0.1) is 5.02 Å². The molecular weight excluding hydrogens is 391 g/mol. The number of carbonyl (C=O) groups excluding carboxylic acids is 1. The van der Waals surface area contributed by atoms with E-state index in [1.54, 1.807) is 6.92 Å². The zero-order valence-electron chi connectivity index (χ0n) is 14.0. The van der Waals surface area contributed by atoms with E-state index in [0.29, 0.717) is 15.5 Å². The summed E-state index contributed by atoms with van der Waals surface area (Å²) in [5.74, 6) is -0.566. The van der Waals surface area contributed by atoms with Crippen LogP contribution in [-0.4, -0.2) is 16.2 Å². The molecule has 2 aromatic carbocycles. The highest BCUT2D eigenvalue weighted by atomic mass is 35.5. The van der Waals surface area contributed by atoms with Gasteiger partial charge in [0.1, 0.15) is 10.7 Å². The second-order valence-corrected chi connectivity index (χ2v) is 7.17. The van der Waals surface area contributed by atoms with Gasteiger partial charge in [-0.25, -0.2) is 9.18 Å². The summed E-state index contributed by atoms with van der Waals surface area (Å²) >= 11 is 7.57. The Morgan fingerprint density at radius 1 is 1.19 bits per heavy atom. The first kappa shape index (κ1) is 17.6. The Bertz CT molecular complexity index is 1120. The maximum absolute atomic E-state index is 13.0. The van der Waals surface area contributed by atoms with Crippen molar-refractivity contribution in [3.63, 3.8) is 0 Å². The van der Waals surface area contributed by atoms with Gasteiger partial charge in [-0.1, -0.05) is 29.8 Å². The second-order valence-electron chi connectivity index (χ2n) is 5.74. The number of nitrogens with zero attached hydrogens (tertiary/aromatic N) is 2. The van der Waals surface area contributed by atoms with Crippen LogP contribution in [0.3, 0.4) is 0 Å². The maximum atomic E-state index is 13.0. The fourth-order valence-electron chi connectivity index (χ4n) is 2.52. The van der Waals surface area contributed by atoms with Crippen molar-refractivity contribution in [2.75, 3.05) is 0 Å². The Morgan fingerprint density at radius 3 is 2.67 bits per heavy atom. The molecule has 0 aliphatic rings. The molecule has 0 unspecified atom stereocenters. The third-order valence-electron chi connectivity index (χ3n) is 3.88. The molecule has 0 spiro atoms. The van der Waals surface area contributed by atoms with Crippen molar-refractivity contribution in [3.05, 3.63) is 70.1 Å². The summed E-state index contributed by atoms with van der Waals surface area (Å²) in [4.78, 5) is 12.8. The van der Waals surface area contributed by atoms with Gasteiger partial charge in [-0.15, -0.1) is 21.5 Å². The van der Waals surface area contributed by atoms with Crippen LogP contribution in [0, 0.1) is 5.82 Å². The zero-order valence-corrected chi connectivity index (χ0v) is 15.6. The molecule has 0 amide bonds. The summed E-state index contributed by atoms with van der Waals surface area (Å²) in [6.07, 6.45) is -0.763. The highest BCUT2D eigenvalue weighted by Crippen LogP contribution is 2.36. The van der Waals surface area contributed by atoms with E-state index in [9.17, 15) is 9.18 Å². The van der Waals surface area contributed by atoms with Crippen molar-refractivity contribution >= 4 is 39.0 Å². The van der Waals surface area contributed by atoms with Crippen LogP contribution in [0.5, 0.6) is 0 Å². The summed E-state index contributed by atoms with van der Waals surface area (Å²) in [5, 5.41) is 9.00. The molecule has 0 fully saturated rings. The first-order valence-corrected chi connectivity index (χ1v) is 9.19. The number of hydrogen-bond acceptors (Lipinski definition) is 6. The van der Waals surface area contributed by atoms with Crippen LogP contribution >= 0.6 is 22.9 Å². The molecule has 0 bridgehead atoms. The molecule has 0 radical (unpaired) electrons. The quantitative estimate of drug-likeness (QED) is 0.412. The van der Waals surface area contributed by atoms with E-state index < -0.39 is 12.1 Å². The molecule has 0 saturated heterocycles. The number of esters is 1. The molecule has 27 heavy (non-hydrogen) atoms. The number of aromatic nitrogens is 2. The smallest absolute Gasteiger partial charge is 0.350 e. The monoisotopic (exact) mass is 402 g/mol. The Hall–Kier alpha value is -2.77. The number of ether oxygens (including phenoxy) is 1. The molecule has 5 nitrogen and oxygen atoms in total. The number of hydrogen-bond donors (Lipinski definition) is 0. The van der Waals surface area contributed by atoms with Crippen molar-refractivity contribution in [2.24, 2.45) is 0 Å². The summed E-state index contributed by atoms with van der Waals surface area (Å²) < 4.78 is 24.9. The molecule has 2 aromatic heterocycles. The molecule has 0 aliphatic heterocycles. The van der Waals surface area contributed by atoms with Gasteiger partial charge in [0.25, 0.3) is 5.89 Å². The normalized spacial score (nSPS) is 12.3. The number of fused-ring (bicyclic) bond motifs is 1. The van der Waals surface area contributed by atoms with E-state index in [4.69, 9.17) is 20.8 Å². The van der Waals surface area contributed by atoms with Crippen molar-refractivity contribution in [3.8, 4) is 11.5 Å². The minimum atomic E-state index is -0.763. The van der Waals surface area contributed by atoms with Crippen LogP contribution in [0.4, 0.5) is 4.39 Å². The number of halogens is 2. The lowest BCUT2D eigenvalue weighted by Crippen LogP contribution is -2.08. The van der Waals surface area contributed by atoms with Crippen LogP contribution in [0.1, 0.15) is 28.6 Å². The van der Waals surface area contributed by atoms with Crippen LogP contribution in [0.15, 0.2) is 52.9 Å². The standard InChI is InChI=1S/C19H12ClFN2O3S/c1-10(17-22-23-18(26-17)11-6-8-12(21)9-7-11)25-19(24)16-15(20)13-4-2-3-5-14(13)27-16/h2-10H,1H3/t10-/m1/s1. The van der Waals surface area contributed by atoms with Crippen molar-refractivity contribution in [1.29, 1.82) is 0 Å². The Balaban J connectivity index is 1.53. The summed E-state index contributed by atoms with van der Waals surface area (Å²) in [7, 11) is 0. The average molecular weight is 403 g/mol. The average Bonchev–Trinajstić information content (AvgIpc) is 3.28. The van der Waals surface area contributed by atoms with E-state index in [2.05, 4.69) is 10.2 Å². The number of thiophene rings is 1. The van der Waals surface area contributed by atoms with Gasteiger partial charge in [0.15, 0.2) is 6.10 Å². The van der Waals surface area contributed by atoms with Gasteiger partial charge in [0, 0.05) is 15.6 Å². The molecule has 4 aromatic rings. The van der Waals surface area contributed by atoms with Crippen LogP contribution in [0.2, 0.25) is 5.02 Å². The number of carbonyl (C=O) groups is 1. The van der Waals surface area contributed by atoms with Crippen LogP contribution < -0.4 is 0 Å². The molecule has 4 rings (SSSR count). The first-order chi connectivity index (χ1) is 13.0. The van der Waals surface area contributed by atoms with Gasteiger partial charge < -0.3 is 9.15 Å². The lowest BCUT2D eigenvalue weighted by Gasteiger charge is -2.08. The number of rotatable bonds is 4. The van der Waals surface area contributed by atoms with E-state index >= 15 is 0 Å². The summed E-state index contributed by atoms with van der Waals surface area (Å²) in [6.45, 7) is 1.63. The molecule has 1 atom stereocenters. The largest absolute Gasteiger partial charge is 0.448 e. The van der Waals surface area contributed by atoms with E-state index in [1.165, 1.54) is 35.6 Å². The molecular formula is C19H12ClFN2O3S. The minimum absolute atomic E-state index is 0.139. The highest BCUT2D eigenvalue weighted by molar-refractivity contribution is 7.21. The fourth-order valence-corrected chi connectivity index (χ4v) is 3.91. The first-order valence-electron chi connectivity index (χ1n) is 8.00. The molecule has 2 heterocycles. The third-order valence-corrected chi connectivity index (χ3v) is 5.54. The van der Waals surface area contributed by atoms with E-state index in [1.807, 2.05) is 24.3 Å². The van der Waals surface area contributed by atoms with Gasteiger partial charge in [0.2, 0.25) is 5.89 Å². The molecule has 0 aliphatic carbocycles. The second kappa shape index (κ2) is 7.09.